The number of pyridine rings is 1. The van der Waals surface area contributed by atoms with Crippen molar-refractivity contribution in [2.75, 3.05) is 6.61 Å². The summed E-state index contributed by atoms with van der Waals surface area (Å²) in [7, 11) is 10.4. The molecule has 0 unspecified atom stereocenters. The van der Waals surface area contributed by atoms with Gasteiger partial charge in [-0.25, -0.2) is 9.37 Å². The van der Waals surface area contributed by atoms with Gasteiger partial charge in [-0.2, -0.15) is 0 Å². The Morgan fingerprint density at radius 2 is 1.87 bits per heavy atom. The van der Waals surface area contributed by atoms with E-state index in [0.717, 1.165) is 12.0 Å². The predicted octanol–water partition coefficient (Wildman–Crippen LogP) is -2.55. The van der Waals surface area contributed by atoms with Crippen LogP contribution in [0.5, 0.6) is 5.88 Å². The van der Waals surface area contributed by atoms with E-state index >= 15 is 0 Å². The Bertz CT molecular complexity index is 891. The first-order valence-corrected chi connectivity index (χ1v) is 10.3. The Balaban J connectivity index is 1.61. The van der Waals surface area contributed by atoms with Crippen molar-refractivity contribution in [3.05, 3.63) is 59.5 Å². The van der Waals surface area contributed by atoms with Crippen molar-refractivity contribution in [1.29, 1.82) is 0 Å². The topological polar surface area (TPSA) is 71.5 Å². The number of aliphatic hydroxyl groups excluding tert-OH is 1. The summed E-state index contributed by atoms with van der Waals surface area (Å²) < 4.78 is 19.1. The van der Waals surface area contributed by atoms with Crippen LogP contribution in [0.15, 0.2) is 42.6 Å². The lowest BCUT2D eigenvalue weighted by Crippen LogP contribution is -2.51. The van der Waals surface area contributed by atoms with Gasteiger partial charge in [-0.1, -0.05) is 17.2 Å². The third-order valence-electron chi connectivity index (χ3n) is 6.25. The normalized spacial score (nSPS) is 19.7. The number of nitrogens with one attached hydrogen (secondary N) is 1. The van der Waals surface area contributed by atoms with Gasteiger partial charge in [0.05, 0.1) is 36.2 Å². The third-order valence-corrected chi connectivity index (χ3v) is 6.25. The van der Waals surface area contributed by atoms with Crippen LogP contribution < -0.4 is 10.1 Å². The summed E-state index contributed by atoms with van der Waals surface area (Å²) in [4.78, 5) is 17.0. The molecule has 1 aromatic heterocycles. The maximum absolute atomic E-state index is 13.1. The van der Waals surface area contributed by atoms with Crippen molar-refractivity contribution in [3.63, 3.8) is 0 Å². The highest BCUT2D eigenvalue weighted by Crippen LogP contribution is 2.47. The summed E-state index contributed by atoms with van der Waals surface area (Å²) in [5.41, 5.74) is 1.67. The lowest BCUT2D eigenvalue weighted by atomic mass is 9.28. The zero-order chi connectivity index (χ0) is 22.1. The zero-order valence-electron chi connectivity index (χ0n) is 18.3. The highest BCUT2D eigenvalue weighted by atomic mass is 19.1. The Hall–Kier alpha value is -2.15. The van der Waals surface area contributed by atoms with Crippen LogP contribution in [0.25, 0.3) is 0 Å². The maximum atomic E-state index is 13.1. The molecule has 0 aliphatic heterocycles. The molecule has 1 heterocycles. The molecule has 0 radical (unpaired) electrons. The average Bonchev–Trinajstić information content (AvgIpc) is 3.47. The smallest absolute Gasteiger partial charge is 0.224 e. The number of aliphatic hydroxyl groups is 1. The van der Waals surface area contributed by atoms with Crippen LogP contribution in [0, 0.1) is 11.7 Å². The minimum absolute atomic E-state index is 0.0692. The van der Waals surface area contributed by atoms with Gasteiger partial charge >= 0.3 is 0 Å². The molecular formula is C19H26B5FN2O3. The van der Waals surface area contributed by atoms with Crippen LogP contribution >= 0.6 is 0 Å². The lowest BCUT2D eigenvalue weighted by molar-refractivity contribution is -0.123. The monoisotopic (exact) mass is 404 g/mol. The van der Waals surface area contributed by atoms with Crippen LogP contribution in [0.3, 0.4) is 0 Å². The van der Waals surface area contributed by atoms with Gasteiger partial charge in [0.25, 0.3) is 0 Å². The molecule has 0 spiro atoms. The van der Waals surface area contributed by atoms with Gasteiger partial charge < -0.3 is 15.2 Å². The highest BCUT2D eigenvalue weighted by molar-refractivity contribution is 6.66. The van der Waals surface area contributed by atoms with Gasteiger partial charge in [0.1, 0.15) is 21.5 Å². The van der Waals surface area contributed by atoms with E-state index in [4.69, 9.17) is 4.74 Å². The van der Waals surface area contributed by atoms with Crippen LogP contribution in [-0.2, 0) is 4.79 Å². The Kier molecular flexibility index (Phi) is 6.41. The summed E-state index contributed by atoms with van der Waals surface area (Å²) in [5, 5.41) is 12.2. The molecule has 1 aliphatic rings. The number of aromatic nitrogens is 1. The SMILES string of the molecule is BC(B)(B)C(B)(B)Oc1ccc([C@H](CO)NC(=O)[C@H]2C[C@@H]2c2ccc(F)cc2)cn1. The molecule has 2 N–H and O–H groups in total. The van der Waals surface area contributed by atoms with Gasteiger partial charge in [-0.05, 0) is 41.7 Å². The van der Waals surface area contributed by atoms with Gasteiger partial charge in [0.2, 0.25) is 11.8 Å². The first-order chi connectivity index (χ1) is 14.0. The second-order valence-electron chi connectivity index (χ2n) is 9.54. The van der Waals surface area contributed by atoms with E-state index in [-0.39, 0.29) is 35.3 Å². The third kappa shape index (κ3) is 5.12. The molecule has 11 heteroatoms. The molecular weight excluding hydrogens is 377 g/mol. The molecule has 0 saturated heterocycles. The van der Waals surface area contributed by atoms with Crippen molar-refractivity contribution >= 4 is 45.1 Å². The largest absolute Gasteiger partial charge is 0.492 e. The van der Waals surface area contributed by atoms with Gasteiger partial charge in [0.15, 0.2) is 0 Å². The molecule has 0 bridgehead atoms. The predicted molar refractivity (Wildman–Crippen MR) is 128 cm³/mol. The molecule has 2 aromatic rings. The fourth-order valence-electron chi connectivity index (χ4n) is 3.15. The van der Waals surface area contributed by atoms with Crippen molar-refractivity contribution in [2.24, 2.45) is 5.92 Å². The fourth-order valence-corrected chi connectivity index (χ4v) is 3.15. The molecule has 30 heavy (non-hydrogen) atoms. The highest BCUT2D eigenvalue weighted by Gasteiger charge is 2.44. The van der Waals surface area contributed by atoms with E-state index in [9.17, 15) is 14.3 Å². The minimum Gasteiger partial charge on any atom is -0.492 e. The second kappa shape index (κ2) is 8.54. The van der Waals surface area contributed by atoms with Crippen molar-refractivity contribution in [2.45, 2.75) is 28.9 Å². The average molecular weight is 403 g/mol. The van der Waals surface area contributed by atoms with E-state index in [0.29, 0.717) is 11.4 Å². The van der Waals surface area contributed by atoms with E-state index < -0.39 is 11.4 Å². The maximum Gasteiger partial charge on any atom is 0.224 e. The number of halogens is 1. The number of carbonyl (C=O) groups is 1. The number of amides is 1. The quantitative estimate of drug-likeness (QED) is 0.476. The number of carbonyl (C=O) groups excluding carboxylic acids is 1. The first-order valence-electron chi connectivity index (χ1n) is 10.3. The van der Waals surface area contributed by atoms with E-state index in [1.165, 1.54) is 12.1 Å². The van der Waals surface area contributed by atoms with Gasteiger partial charge in [-0.3, -0.25) is 4.79 Å². The van der Waals surface area contributed by atoms with Gasteiger partial charge in [0, 0.05) is 23.6 Å². The number of rotatable bonds is 8. The van der Waals surface area contributed by atoms with Gasteiger partial charge in [-0.15, -0.1) is 0 Å². The van der Waals surface area contributed by atoms with Crippen LogP contribution in [0.1, 0.15) is 29.5 Å². The van der Waals surface area contributed by atoms with Crippen LogP contribution in [-0.4, -0.2) is 67.2 Å². The summed E-state index contributed by atoms with van der Waals surface area (Å²) in [6.07, 6.45) is 2.35. The summed E-state index contributed by atoms with van der Waals surface area (Å²) in [6, 6.07) is 9.30. The zero-order valence-corrected chi connectivity index (χ0v) is 18.3. The molecule has 1 amide bonds. The molecule has 1 fully saturated rings. The molecule has 1 saturated carbocycles. The van der Waals surface area contributed by atoms with Crippen molar-refractivity contribution < 1.29 is 19.0 Å². The van der Waals surface area contributed by atoms with E-state index in [1.807, 2.05) is 21.8 Å². The number of nitrogens with zero attached hydrogens (tertiary/aromatic N) is 1. The summed E-state index contributed by atoms with van der Waals surface area (Å²) in [6.45, 7) is -0.227. The summed E-state index contributed by atoms with van der Waals surface area (Å²) in [5.74, 6) is 0.0375. The molecule has 3 rings (SSSR count). The number of hydrogen-bond donors (Lipinski definition) is 2. The van der Waals surface area contributed by atoms with E-state index in [1.54, 1.807) is 24.4 Å². The summed E-state index contributed by atoms with van der Waals surface area (Å²) >= 11 is 0. The molecule has 3 atom stereocenters. The Morgan fingerprint density at radius 1 is 1.20 bits per heavy atom. The van der Waals surface area contributed by atoms with Crippen LogP contribution in [0.4, 0.5) is 4.39 Å². The molecule has 1 aliphatic carbocycles. The molecule has 152 valence electrons. The second-order valence-corrected chi connectivity index (χ2v) is 9.54. The number of hydrogen-bond acceptors (Lipinski definition) is 4. The van der Waals surface area contributed by atoms with Crippen LogP contribution in [0.2, 0.25) is 5.11 Å². The minimum atomic E-state index is -0.538. The standard InChI is InChI=1S/C19H26B5FN2O3/c20-18(21,22)19(23,24)30-16-6-3-11(8-26-16)15(9-28)27-17(29)14-7-13(14)10-1-4-12(25)5-2-10/h1-6,8,13-15,28H,7,9,20-24H2,(H,27,29)/t13-,14+,15+/m1/s1. The van der Waals surface area contributed by atoms with Crippen molar-refractivity contribution in [3.8, 4) is 5.88 Å². The molecule has 1 aromatic carbocycles. The molecule has 5 nitrogen and oxygen atoms in total. The first kappa shape index (κ1) is 22.5. The van der Waals surface area contributed by atoms with E-state index in [2.05, 4.69) is 33.8 Å². The fraction of sp³-hybridized carbons (Fsp3) is 0.368. The Morgan fingerprint density at radius 3 is 2.40 bits per heavy atom. The van der Waals surface area contributed by atoms with Crippen molar-refractivity contribution in [1.82, 2.24) is 10.3 Å². The number of benzene rings is 1. The Labute approximate surface area is 181 Å². The number of ether oxygens (including phenoxy) is 1. The lowest BCUT2D eigenvalue weighted by Gasteiger charge is -2.39.